The summed E-state index contributed by atoms with van der Waals surface area (Å²) in [6.45, 7) is 4.78. The van der Waals surface area contributed by atoms with Crippen LogP contribution in [0, 0.1) is 5.41 Å². The Morgan fingerprint density at radius 2 is 2.08 bits per heavy atom. The Morgan fingerprint density at radius 3 is 2.92 bits per heavy atom. The molecule has 1 aliphatic carbocycles. The van der Waals surface area contributed by atoms with Gasteiger partial charge in [-0.15, -0.1) is 11.8 Å². The van der Waals surface area contributed by atoms with Crippen molar-refractivity contribution in [3.05, 3.63) is 0 Å². The second kappa shape index (κ2) is 3.06. The summed E-state index contributed by atoms with van der Waals surface area (Å²) >= 11 is 1.95. The molecule has 1 aliphatic heterocycles. The molecule has 12 heavy (non-hydrogen) atoms. The number of nitrogens with zero attached hydrogens (tertiary/aromatic N) is 1. The van der Waals surface area contributed by atoms with E-state index in [1.807, 2.05) is 11.8 Å². The summed E-state index contributed by atoms with van der Waals surface area (Å²) in [5.74, 6) is 0. The largest absolute Gasteiger partial charge is 0.282 e. The van der Waals surface area contributed by atoms with Crippen LogP contribution in [0.4, 0.5) is 0 Å². The smallest absolute Gasteiger partial charge is 0.0628 e. The fraction of sp³-hybridized carbons (Fsp3) is 0.900. The number of hydrogen-bond donors (Lipinski definition) is 0. The number of hydrogen-bond acceptors (Lipinski definition) is 2. The summed E-state index contributed by atoms with van der Waals surface area (Å²) in [5.41, 5.74) is 2.63. The fourth-order valence-corrected chi connectivity index (χ4v) is 3.12. The Hall–Kier alpha value is 0.0200. The van der Waals surface area contributed by atoms with Crippen LogP contribution >= 0.6 is 11.8 Å². The van der Waals surface area contributed by atoms with Gasteiger partial charge in [-0.3, -0.25) is 4.99 Å². The number of thioether (sulfide) groups is 1. The fourth-order valence-electron chi connectivity index (χ4n) is 2.10. The van der Waals surface area contributed by atoms with Crippen molar-refractivity contribution in [2.24, 2.45) is 10.4 Å². The third kappa shape index (κ3) is 1.68. The number of fused-ring (bicyclic) bond motifs is 1. The minimum atomic E-state index is 0.570. The van der Waals surface area contributed by atoms with Crippen molar-refractivity contribution in [3.63, 3.8) is 0 Å². The molecule has 1 fully saturated rings. The second-order valence-corrected chi connectivity index (χ2v) is 5.83. The van der Waals surface area contributed by atoms with E-state index in [2.05, 4.69) is 24.4 Å². The quantitative estimate of drug-likeness (QED) is 0.562. The molecule has 2 rings (SSSR count). The summed E-state index contributed by atoms with van der Waals surface area (Å²) in [6.07, 6.45) is 5.40. The Labute approximate surface area is 79.0 Å². The van der Waals surface area contributed by atoms with Gasteiger partial charge in [-0.05, 0) is 31.1 Å². The second-order valence-electron chi connectivity index (χ2n) is 4.74. The van der Waals surface area contributed by atoms with Crippen molar-refractivity contribution in [1.82, 2.24) is 0 Å². The van der Waals surface area contributed by atoms with Gasteiger partial charge in [0, 0.05) is 5.25 Å². The van der Waals surface area contributed by atoms with E-state index < -0.39 is 0 Å². The zero-order valence-electron chi connectivity index (χ0n) is 7.92. The maximum absolute atomic E-state index is 4.52. The van der Waals surface area contributed by atoms with Crippen LogP contribution in [0.5, 0.6) is 0 Å². The molecule has 1 heterocycles. The maximum atomic E-state index is 4.52. The Bertz CT molecular complexity index is 198. The van der Waals surface area contributed by atoms with Crippen molar-refractivity contribution in [3.8, 4) is 0 Å². The van der Waals surface area contributed by atoms with Crippen LogP contribution in [0.15, 0.2) is 4.99 Å². The summed E-state index contributed by atoms with van der Waals surface area (Å²) < 4.78 is 0. The van der Waals surface area contributed by atoms with Crippen LogP contribution in [-0.2, 0) is 0 Å². The minimum absolute atomic E-state index is 0.570. The first-order valence-electron chi connectivity index (χ1n) is 4.84. The molecule has 0 radical (unpaired) electrons. The normalized spacial score (nSPS) is 39.2. The van der Waals surface area contributed by atoms with Crippen molar-refractivity contribution in [2.75, 3.05) is 0 Å². The number of aliphatic imine (C=N–C) groups is 1. The van der Waals surface area contributed by atoms with Crippen molar-refractivity contribution in [1.29, 1.82) is 0 Å². The van der Waals surface area contributed by atoms with Crippen LogP contribution in [0.1, 0.15) is 39.5 Å². The molecule has 0 bridgehead atoms. The zero-order chi connectivity index (χ0) is 8.60. The molecule has 68 valence electrons. The average Bonchev–Trinajstić information content (AvgIpc) is 2.40. The lowest BCUT2D eigenvalue weighted by molar-refractivity contribution is 0.313. The van der Waals surface area contributed by atoms with Crippen LogP contribution in [0.25, 0.3) is 0 Å². The molecule has 2 atom stereocenters. The lowest BCUT2D eigenvalue weighted by Crippen LogP contribution is -2.14. The lowest BCUT2D eigenvalue weighted by atomic mass is 9.85. The summed E-state index contributed by atoms with van der Waals surface area (Å²) in [7, 11) is 0. The van der Waals surface area contributed by atoms with Crippen LogP contribution in [-0.4, -0.2) is 16.8 Å². The molecule has 2 heteroatoms. The number of rotatable bonds is 0. The van der Waals surface area contributed by atoms with E-state index in [1.165, 1.54) is 25.7 Å². The summed E-state index contributed by atoms with van der Waals surface area (Å²) in [6, 6.07) is 0.650. The average molecular weight is 183 g/mol. The molecule has 2 aliphatic rings. The third-order valence-electron chi connectivity index (χ3n) is 3.14. The molecular weight excluding hydrogens is 166 g/mol. The van der Waals surface area contributed by atoms with Crippen molar-refractivity contribution >= 4 is 17.3 Å². The molecule has 0 aromatic carbocycles. The molecular formula is C10H17NS. The lowest BCUT2D eigenvalue weighted by Gasteiger charge is -2.21. The predicted octanol–water partition coefficient (Wildman–Crippen LogP) is 3.10. The van der Waals surface area contributed by atoms with E-state index in [9.17, 15) is 0 Å². The van der Waals surface area contributed by atoms with Gasteiger partial charge in [-0.1, -0.05) is 13.8 Å². The molecule has 1 saturated carbocycles. The highest BCUT2D eigenvalue weighted by Gasteiger charge is 2.32. The Balaban J connectivity index is 2.03. The SMILES string of the molecule is CC1(C)CCC2N=CSC2CC1. The first-order chi connectivity index (χ1) is 5.67. The van der Waals surface area contributed by atoms with Gasteiger partial charge in [0.05, 0.1) is 11.6 Å². The van der Waals surface area contributed by atoms with E-state index in [4.69, 9.17) is 0 Å². The molecule has 0 aromatic rings. The molecule has 0 spiro atoms. The first kappa shape index (κ1) is 8.61. The van der Waals surface area contributed by atoms with Crippen molar-refractivity contribution < 1.29 is 0 Å². The minimum Gasteiger partial charge on any atom is -0.282 e. The standard InChI is InChI=1S/C10H17NS/c1-10(2)5-3-8-9(4-6-10)12-7-11-8/h7-9H,3-6H2,1-2H3. The van der Waals surface area contributed by atoms with Crippen LogP contribution in [0.3, 0.4) is 0 Å². The molecule has 1 nitrogen and oxygen atoms in total. The zero-order valence-corrected chi connectivity index (χ0v) is 8.73. The predicted molar refractivity (Wildman–Crippen MR) is 55.9 cm³/mol. The van der Waals surface area contributed by atoms with E-state index in [-0.39, 0.29) is 0 Å². The van der Waals surface area contributed by atoms with Gasteiger partial charge >= 0.3 is 0 Å². The molecule has 0 aromatic heterocycles. The van der Waals surface area contributed by atoms with Gasteiger partial charge in [0.25, 0.3) is 0 Å². The van der Waals surface area contributed by atoms with E-state index in [0.29, 0.717) is 11.5 Å². The monoisotopic (exact) mass is 183 g/mol. The van der Waals surface area contributed by atoms with Gasteiger partial charge in [-0.2, -0.15) is 0 Å². The third-order valence-corrected chi connectivity index (χ3v) is 4.28. The molecule has 2 unspecified atom stereocenters. The summed E-state index contributed by atoms with van der Waals surface area (Å²) in [4.78, 5) is 4.52. The highest BCUT2D eigenvalue weighted by molar-refractivity contribution is 8.12. The van der Waals surface area contributed by atoms with Gasteiger partial charge < -0.3 is 0 Å². The van der Waals surface area contributed by atoms with Gasteiger partial charge in [0.15, 0.2) is 0 Å². The first-order valence-corrected chi connectivity index (χ1v) is 5.79. The Morgan fingerprint density at radius 1 is 1.33 bits per heavy atom. The van der Waals surface area contributed by atoms with E-state index >= 15 is 0 Å². The van der Waals surface area contributed by atoms with Crippen molar-refractivity contribution in [2.45, 2.75) is 50.8 Å². The topological polar surface area (TPSA) is 12.4 Å². The van der Waals surface area contributed by atoms with Gasteiger partial charge in [0.1, 0.15) is 0 Å². The summed E-state index contributed by atoms with van der Waals surface area (Å²) in [5, 5.41) is 0.812. The van der Waals surface area contributed by atoms with E-state index in [0.717, 1.165) is 5.25 Å². The van der Waals surface area contributed by atoms with Crippen LogP contribution < -0.4 is 0 Å². The molecule has 0 N–H and O–H groups in total. The van der Waals surface area contributed by atoms with E-state index in [1.54, 1.807) is 0 Å². The van der Waals surface area contributed by atoms with Crippen LogP contribution in [0.2, 0.25) is 0 Å². The molecule has 0 saturated heterocycles. The highest BCUT2D eigenvalue weighted by atomic mass is 32.2. The Kier molecular flexibility index (Phi) is 2.19. The maximum Gasteiger partial charge on any atom is 0.0628 e. The molecule has 0 amide bonds. The van der Waals surface area contributed by atoms with Gasteiger partial charge in [-0.25, -0.2) is 0 Å². The van der Waals surface area contributed by atoms with Gasteiger partial charge in [0.2, 0.25) is 0 Å². The highest BCUT2D eigenvalue weighted by Crippen LogP contribution is 2.40.